The van der Waals surface area contributed by atoms with E-state index in [1.807, 2.05) is 13.8 Å². The second-order valence-electron chi connectivity index (χ2n) is 8.00. The van der Waals surface area contributed by atoms with Gasteiger partial charge < -0.3 is 15.0 Å². The number of anilines is 1. The van der Waals surface area contributed by atoms with Crippen LogP contribution in [0, 0.1) is 16.0 Å². The van der Waals surface area contributed by atoms with E-state index in [1.165, 1.54) is 4.90 Å². The molecule has 1 heterocycles. The van der Waals surface area contributed by atoms with Crippen molar-refractivity contribution in [3.63, 3.8) is 0 Å². The average Bonchev–Trinajstić information content (AvgIpc) is 3.06. The summed E-state index contributed by atoms with van der Waals surface area (Å²) in [6.07, 6.45) is -4.49. The molecule has 1 aliphatic rings. The van der Waals surface area contributed by atoms with Crippen LogP contribution in [0.2, 0.25) is 0 Å². The fourth-order valence-electron chi connectivity index (χ4n) is 3.32. The molecule has 0 saturated carbocycles. The van der Waals surface area contributed by atoms with E-state index in [1.54, 1.807) is 0 Å². The number of carbonyl (C=O) groups excluding carboxylic acids is 2. The van der Waals surface area contributed by atoms with Gasteiger partial charge in [-0.3, -0.25) is 19.7 Å². The summed E-state index contributed by atoms with van der Waals surface area (Å²) in [6, 6.07) is 1.28. The SMILES string of the molecule is CC(C)CN(C(=O)COC(=O)CNc1ccc(C(F)(F)F)cc1[N+](=O)[O-])[C@@H]1CCS(=O)(=O)C1. The van der Waals surface area contributed by atoms with Gasteiger partial charge in [-0.05, 0) is 24.5 Å². The molecule has 10 nitrogen and oxygen atoms in total. The summed E-state index contributed by atoms with van der Waals surface area (Å²) in [6.45, 7) is 2.65. The molecule has 1 atom stereocenters. The van der Waals surface area contributed by atoms with Crippen molar-refractivity contribution in [1.29, 1.82) is 0 Å². The Morgan fingerprint density at radius 2 is 2.00 bits per heavy atom. The number of benzene rings is 1. The first-order valence-electron chi connectivity index (χ1n) is 9.94. The Morgan fingerprint density at radius 1 is 1.33 bits per heavy atom. The highest BCUT2D eigenvalue weighted by Gasteiger charge is 2.35. The molecule has 1 saturated heterocycles. The van der Waals surface area contributed by atoms with Crippen LogP contribution in [0.4, 0.5) is 24.5 Å². The first-order chi connectivity index (χ1) is 15.2. The van der Waals surface area contributed by atoms with Gasteiger partial charge in [-0.1, -0.05) is 13.8 Å². The molecule has 1 aromatic carbocycles. The standard InChI is InChI=1S/C19H24F3N3O7S/c1-12(2)9-24(14-5-6-33(30,31)11-14)17(26)10-32-18(27)8-23-15-4-3-13(19(20,21)22)7-16(15)25(28)29/h3-4,7,12,14,23H,5-6,8-11H2,1-2H3/t14-/m1/s1. The van der Waals surface area contributed by atoms with E-state index in [0.29, 0.717) is 12.1 Å². The summed E-state index contributed by atoms with van der Waals surface area (Å²) in [5.74, 6) is -1.72. The lowest BCUT2D eigenvalue weighted by Crippen LogP contribution is -2.45. The van der Waals surface area contributed by atoms with Crippen molar-refractivity contribution in [2.24, 2.45) is 5.92 Å². The minimum atomic E-state index is -4.77. The van der Waals surface area contributed by atoms with Gasteiger partial charge in [0, 0.05) is 18.7 Å². The normalized spacial score (nSPS) is 17.6. The van der Waals surface area contributed by atoms with E-state index in [0.717, 1.165) is 6.07 Å². The van der Waals surface area contributed by atoms with E-state index in [9.17, 15) is 41.3 Å². The Labute approximate surface area is 188 Å². The average molecular weight is 495 g/mol. The second kappa shape index (κ2) is 10.4. The van der Waals surface area contributed by atoms with Crippen LogP contribution < -0.4 is 5.32 Å². The molecule has 0 aliphatic carbocycles. The molecule has 0 aromatic heterocycles. The van der Waals surface area contributed by atoms with Crippen molar-refractivity contribution in [1.82, 2.24) is 4.90 Å². The Hall–Kier alpha value is -2.90. The second-order valence-corrected chi connectivity index (χ2v) is 10.2. The van der Waals surface area contributed by atoms with Gasteiger partial charge in [0.1, 0.15) is 12.2 Å². The number of hydrogen-bond acceptors (Lipinski definition) is 8. The van der Waals surface area contributed by atoms with E-state index in [2.05, 4.69) is 5.32 Å². The number of ether oxygens (including phenoxy) is 1. The Balaban J connectivity index is 1.97. The summed E-state index contributed by atoms with van der Waals surface area (Å²) >= 11 is 0. The molecule has 1 aromatic rings. The maximum atomic E-state index is 12.8. The number of hydrogen-bond donors (Lipinski definition) is 1. The highest BCUT2D eigenvalue weighted by molar-refractivity contribution is 7.91. The molecule has 2 rings (SSSR count). The zero-order valence-corrected chi connectivity index (χ0v) is 18.7. The van der Waals surface area contributed by atoms with Crippen molar-refractivity contribution in [2.75, 3.05) is 36.5 Å². The molecule has 1 N–H and O–H groups in total. The largest absolute Gasteiger partial charge is 0.454 e. The van der Waals surface area contributed by atoms with Gasteiger partial charge in [0.05, 0.1) is 22.0 Å². The molecule has 14 heteroatoms. The number of halogens is 3. The summed E-state index contributed by atoms with van der Waals surface area (Å²) in [5.41, 5.74) is -2.42. The number of nitrogens with zero attached hydrogens (tertiary/aromatic N) is 2. The van der Waals surface area contributed by atoms with Crippen molar-refractivity contribution >= 4 is 33.1 Å². The van der Waals surface area contributed by atoms with E-state index in [-0.39, 0.29) is 36.1 Å². The van der Waals surface area contributed by atoms with Gasteiger partial charge in [-0.15, -0.1) is 0 Å². The molecule has 0 radical (unpaired) electrons. The summed E-state index contributed by atoms with van der Waals surface area (Å²) in [5, 5.41) is 13.4. The molecule has 33 heavy (non-hydrogen) atoms. The Morgan fingerprint density at radius 3 is 2.52 bits per heavy atom. The third kappa shape index (κ3) is 7.58. The predicted molar refractivity (Wildman–Crippen MR) is 111 cm³/mol. The molecule has 0 spiro atoms. The highest BCUT2D eigenvalue weighted by atomic mass is 32.2. The van der Waals surface area contributed by atoms with Gasteiger partial charge in [-0.2, -0.15) is 13.2 Å². The first kappa shape index (κ1) is 26.4. The maximum absolute atomic E-state index is 12.8. The van der Waals surface area contributed by atoms with Crippen LogP contribution in [0.5, 0.6) is 0 Å². The van der Waals surface area contributed by atoms with Crippen LogP contribution in [0.1, 0.15) is 25.8 Å². The minimum absolute atomic E-state index is 0.0326. The van der Waals surface area contributed by atoms with Crippen LogP contribution in [-0.4, -0.2) is 67.4 Å². The fraction of sp³-hybridized carbons (Fsp3) is 0.579. The number of esters is 1. The Kier molecular flexibility index (Phi) is 8.27. The Bertz CT molecular complexity index is 1010. The number of nitro groups is 1. The predicted octanol–water partition coefficient (Wildman–Crippen LogP) is 2.24. The highest BCUT2D eigenvalue weighted by Crippen LogP contribution is 2.34. The lowest BCUT2D eigenvalue weighted by Gasteiger charge is -2.29. The third-order valence-corrected chi connectivity index (χ3v) is 6.58. The number of amides is 1. The van der Waals surface area contributed by atoms with Crippen molar-refractivity contribution in [3.8, 4) is 0 Å². The van der Waals surface area contributed by atoms with Gasteiger partial charge in [0.2, 0.25) is 0 Å². The number of alkyl halides is 3. The number of rotatable bonds is 9. The zero-order valence-electron chi connectivity index (χ0n) is 17.9. The minimum Gasteiger partial charge on any atom is -0.454 e. The lowest BCUT2D eigenvalue weighted by atomic mass is 10.1. The van der Waals surface area contributed by atoms with Gasteiger partial charge in [0.15, 0.2) is 16.4 Å². The summed E-state index contributed by atoms with van der Waals surface area (Å²) in [4.78, 5) is 36.0. The summed E-state index contributed by atoms with van der Waals surface area (Å²) in [7, 11) is -3.24. The monoisotopic (exact) mass is 495 g/mol. The number of carbonyl (C=O) groups is 2. The molecule has 1 fully saturated rings. The number of sulfone groups is 1. The maximum Gasteiger partial charge on any atom is 0.416 e. The van der Waals surface area contributed by atoms with Crippen molar-refractivity contribution in [2.45, 2.75) is 32.5 Å². The van der Waals surface area contributed by atoms with Gasteiger partial charge in [0.25, 0.3) is 11.6 Å². The van der Waals surface area contributed by atoms with Crippen LogP contribution >= 0.6 is 0 Å². The van der Waals surface area contributed by atoms with E-state index >= 15 is 0 Å². The zero-order chi connectivity index (χ0) is 25.0. The van der Waals surface area contributed by atoms with Crippen LogP contribution in [0.3, 0.4) is 0 Å². The molecular weight excluding hydrogens is 471 g/mol. The fourth-order valence-corrected chi connectivity index (χ4v) is 5.05. The molecule has 0 bridgehead atoms. The smallest absolute Gasteiger partial charge is 0.416 e. The number of nitrogens with one attached hydrogen (secondary N) is 1. The van der Waals surface area contributed by atoms with E-state index in [4.69, 9.17) is 4.74 Å². The van der Waals surface area contributed by atoms with Gasteiger partial charge >= 0.3 is 12.1 Å². The van der Waals surface area contributed by atoms with Crippen molar-refractivity contribution in [3.05, 3.63) is 33.9 Å². The molecule has 1 aliphatic heterocycles. The number of nitro benzene ring substituents is 1. The van der Waals surface area contributed by atoms with Crippen LogP contribution in [0.15, 0.2) is 18.2 Å². The third-order valence-electron chi connectivity index (χ3n) is 4.83. The lowest BCUT2D eigenvalue weighted by molar-refractivity contribution is -0.384. The quantitative estimate of drug-likeness (QED) is 0.313. The molecule has 1 amide bonds. The molecular formula is C19H24F3N3O7S. The van der Waals surface area contributed by atoms with Crippen LogP contribution in [-0.2, 0) is 30.3 Å². The molecule has 184 valence electrons. The molecule has 0 unspecified atom stereocenters. The topological polar surface area (TPSA) is 136 Å². The van der Waals surface area contributed by atoms with Crippen molar-refractivity contribution < 1.29 is 40.8 Å². The summed E-state index contributed by atoms with van der Waals surface area (Å²) < 4.78 is 66.7. The van der Waals surface area contributed by atoms with Gasteiger partial charge in [-0.25, -0.2) is 8.42 Å². The van der Waals surface area contributed by atoms with Crippen LogP contribution in [0.25, 0.3) is 0 Å². The first-order valence-corrected chi connectivity index (χ1v) is 11.8. The van der Waals surface area contributed by atoms with E-state index < -0.39 is 63.3 Å².